The molecule has 0 radical (unpaired) electrons. The number of benzene rings is 1. The molecule has 2 N–H and O–H groups in total. The molecule has 22 heavy (non-hydrogen) atoms. The topological polar surface area (TPSA) is 84.5 Å². The van der Waals surface area contributed by atoms with Crippen LogP contribution in [0, 0.1) is 6.92 Å². The highest BCUT2D eigenvalue weighted by atomic mass is 32.3. The van der Waals surface area contributed by atoms with Crippen molar-refractivity contribution in [3.8, 4) is 0 Å². The van der Waals surface area contributed by atoms with E-state index in [4.69, 9.17) is 4.74 Å². The molecule has 0 aliphatic rings. The van der Waals surface area contributed by atoms with Crippen molar-refractivity contribution < 1.29 is 21.8 Å². The predicted molar refractivity (Wildman–Crippen MR) is 82.1 cm³/mol. The summed E-state index contributed by atoms with van der Waals surface area (Å²) < 4.78 is 40.5. The summed E-state index contributed by atoms with van der Waals surface area (Å²) in [5.41, 5.74) is 1.03. The van der Waals surface area contributed by atoms with Gasteiger partial charge in [-0.25, -0.2) is 4.79 Å². The van der Waals surface area contributed by atoms with E-state index in [1.54, 1.807) is 34.7 Å². The van der Waals surface area contributed by atoms with Crippen LogP contribution in [0.25, 0.3) is 0 Å². The normalized spacial score (nSPS) is 11.9. The summed E-state index contributed by atoms with van der Waals surface area (Å²) in [6.45, 7) is 6.96. The van der Waals surface area contributed by atoms with Crippen molar-refractivity contribution in [1.82, 2.24) is 5.32 Å². The second-order valence-corrected chi connectivity index (χ2v) is 7.15. The highest BCUT2D eigenvalue weighted by molar-refractivity contribution is 7.86. The van der Waals surface area contributed by atoms with E-state index in [-0.39, 0.29) is 6.54 Å². The molecule has 0 spiro atoms. The fourth-order valence-electron chi connectivity index (χ4n) is 1.81. The second kappa shape index (κ2) is 6.51. The van der Waals surface area contributed by atoms with E-state index in [9.17, 15) is 17.1 Å². The second-order valence-electron chi connectivity index (χ2n) is 5.80. The molecule has 0 aromatic heterocycles. The fraction of sp³-hybridized carbons (Fsp3) is 0.500. The first-order valence-electron chi connectivity index (χ1n) is 6.67. The van der Waals surface area contributed by atoms with Crippen molar-refractivity contribution in [2.24, 2.45) is 0 Å². The van der Waals surface area contributed by atoms with Gasteiger partial charge in [0, 0.05) is 19.3 Å². The summed E-state index contributed by atoms with van der Waals surface area (Å²) in [7, 11) is -3.23. The summed E-state index contributed by atoms with van der Waals surface area (Å²) in [4.78, 5) is 11.2. The molecular formula is C14H21FN2O4S. The molecule has 0 atom stereocenters. The molecule has 8 heteroatoms. The van der Waals surface area contributed by atoms with Gasteiger partial charge in [-0.3, -0.25) is 0 Å². The number of halogens is 1. The Bertz CT molecular complexity index is 666. The van der Waals surface area contributed by atoms with E-state index in [1.807, 2.05) is 0 Å². The molecule has 1 aromatic rings. The van der Waals surface area contributed by atoms with Crippen molar-refractivity contribution in [2.45, 2.75) is 44.7 Å². The molecule has 6 nitrogen and oxygen atoms in total. The number of hydrogen-bond acceptors (Lipinski definition) is 5. The molecular weight excluding hydrogens is 311 g/mol. The first kappa shape index (κ1) is 18.2. The smallest absolute Gasteiger partial charge is 0.407 e. The third-order valence-electron chi connectivity index (χ3n) is 2.86. The Morgan fingerprint density at radius 1 is 1.32 bits per heavy atom. The van der Waals surface area contributed by atoms with Crippen LogP contribution in [-0.2, 0) is 21.5 Å². The number of amides is 1. The Hall–Kier alpha value is -1.83. The minimum absolute atomic E-state index is 0.0266. The van der Waals surface area contributed by atoms with Gasteiger partial charge in [-0.15, -0.1) is 3.89 Å². The number of carbonyl (C=O) groups excluding carboxylic acids is 1. The minimum atomic E-state index is -4.83. The highest BCUT2D eigenvalue weighted by Gasteiger charge is 2.19. The van der Waals surface area contributed by atoms with Crippen LogP contribution < -0.4 is 10.6 Å². The Balaban J connectivity index is 3.02. The van der Waals surface area contributed by atoms with Crippen LogP contribution in [0.5, 0.6) is 0 Å². The largest absolute Gasteiger partial charge is 0.444 e. The zero-order valence-corrected chi connectivity index (χ0v) is 14.1. The molecule has 124 valence electrons. The van der Waals surface area contributed by atoms with Crippen LogP contribution in [0.2, 0.25) is 0 Å². The van der Waals surface area contributed by atoms with Crippen molar-refractivity contribution in [3.63, 3.8) is 0 Å². The van der Waals surface area contributed by atoms with Crippen LogP contribution in [0.3, 0.4) is 0 Å². The first-order valence-corrected chi connectivity index (χ1v) is 8.05. The molecule has 0 heterocycles. The number of anilines is 1. The lowest BCUT2D eigenvalue weighted by Crippen LogP contribution is -2.32. The Kier molecular flexibility index (Phi) is 5.39. The average Bonchev–Trinajstić information content (AvgIpc) is 2.34. The van der Waals surface area contributed by atoms with Gasteiger partial charge in [-0.2, -0.15) is 8.42 Å². The Labute approximate surface area is 130 Å². The van der Waals surface area contributed by atoms with Crippen molar-refractivity contribution >= 4 is 22.0 Å². The van der Waals surface area contributed by atoms with E-state index in [0.717, 1.165) is 0 Å². The lowest BCUT2D eigenvalue weighted by Gasteiger charge is -2.20. The Morgan fingerprint density at radius 2 is 1.91 bits per heavy atom. The molecule has 0 bridgehead atoms. The number of hydrogen-bond donors (Lipinski definition) is 2. The lowest BCUT2D eigenvalue weighted by molar-refractivity contribution is 0.0523. The van der Waals surface area contributed by atoms with E-state index < -0.39 is 26.8 Å². The molecule has 1 amide bonds. The van der Waals surface area contributed by atoms with Crippen LogP contribution in [0.1, 0.15) is 31.9 Å². The molecule has 0 unspecified atom stereocenters. The predicted octanol–water partition coefficient (Wildman–Crippen LogP) is 2.72. The number of nitrogens with one attached hydrogen (secondary N) is 2. The average molecular weight is 332 g/mol. The molecule has 1 aromatic carbocycles. The van der Waals surface area contributed by atoms with Gasteiger partial charge in [0.1, 0.15) is 10.5 Å². The van der Waals surface area contributed by atoms with Gasteiger partial charge in [0.2, 0.25) is 0 Å². The summed E-state index contributed by atoms with van der Waals surface area (Å²) in [6, 6.07) is 2.41. The van der Waals surface area contributed by atoms with Crippen molar-refractivity contribution in [1.29, 1.82) is 0 Å². The van der Waals surface area contributed by atoms with Gasteiger partial charge in [0.05, 0.1) is 0 Å². The van der Waals surface area contributed by atoms with Gasteiger partial charge in [-0.1, -0.05) is 0 Å². The fourth-order valence-corrected chi connectivity index (χ4v) is 2.35. The third-order valence-corrected chi connectivity index (χ3v) is 3.66. The van der Waals surface area contributed by atoms with Gasteiger partial charge in [0.25, 0.3) is 0 Å². The SMILES string of the molecule is CNc1cc(S(=O)(=O)F)cc(CNC(=O)OC(C)(C)C)c1C. The number of alkyl carbamates (subject to hydrolysis) is 1. The summed E-state index contributed by atoms with van der Waals surface area (Å²) in [5, 5.41) is 5.32. The zero-order valence-electron chi connectivity index (χ0n) is 13.3. The summed E-state index contributed by atoms with van der Waals surface area (Å²) >= 11 is 0. The molecule has 0 saturated heterocycles. The first-order chi connectivity index (χ1) is 9.94. The molecule has 0 aliphatic carbocycles. The number of rotatable bonds is 4. The standard InChI is InChI=1S/C14H21FN2O4S/c1-9-10(8-17-13(18)21-14(2,3)4)6-11(22(15,19)20)7-12(9)16-5/h6-7,16H,8H2,1-5H3,(H,17,18). The zero-order chi connectivity index (χ0) is 17.1. The Morgan fingerprint density at radius 3 is 2.36 bits per heavy atom. The van der Waals surface area contributed by atoms with Gasteiger partial charge < -0.3 is 15.4 Å². The monoisotopic (exact) mass is 332 g/mol. The van der Waals surface area contributed by atoms with Crippen LogP contribution >= 0.6 is 0 Å². The van der Waals surface area contributed by atoms with Crippen molar-refractivity contribution in [3.05, 3.63) is 23.3 Å². The van der Waals surface area contributed by atoms with E-state index in [0.29, 0.717) is 16.8 Å². The molecule has 0 aliphatic heterocycles. The quantitative estimate of drug-likeness (QED) is 0.828. The molecule has 0 fully saturated rings. The maximum Gasteiger partial charge on any atom is 0.407 e. The number of carbonyl (C=O) groups is 1. The summed E-state index contributed by atoms with van der Waals surface area (Å²) in [6.07, 6.45) is -0.633. The van der Waals surface area contributed by atoms with Gasteiger partial charge >= 0.3 is 16.3 Å². The van der Waals surface area contributed by atoms with Crippen LogP contribution in [-0.4, -0.2) is 27.2 Å². The lowest BCUT2D eigenvalue weighted by atomic mass is 10.1. The summed E-state index contributed by atoms with van der Waals surface area (Å²) in [5.74, 6) is 0. The van der Waals surface area contributed by atoms with E-state index in [2.05, 4.69) is 10.6 Å². The van der Waals surface area contributed by atoms with Gasteiger partial charge in [-0.05, 0) is 51.0 Å². The maximum atomic E-state index is 13.2. The van der Waals surface area contributed by atoms with Crippen molar-refractivity contribution in [2.75, 3.05) is 12.4 Å². The van der Waals surface area contributed by atoms with E-state index >= 15 is 0 Å². The minimum Gasteiger partial charge on any atom is -0.444 e. The number of ether oxygens (including phenoxy) is 1. The van der Waals surface area contributed by atoms with Crippen LogP contribution in [0.15, 0.2) is 17.0 Å². The maximum absolute atomic E-state index is 13.2. The molecule has 1 rings (SSSR count). The third kappa shape index (κ3) is 5.18. The molecule has 0 saturated carbocycles. The highest BCUT2D eigenvalue weighted by Crippen LogP contribution is 2.25. The van der Waals surface area contributed by atoms with Gasteiger partial charge in [0.15, 0.2) is 0 Å². The van der Waals surface area contributed by atoms with Crippen LogP contribution in [0.4, 0.5) is 14.4 Å². The van der Waals surface area contributed by atoms with E-state index in [1.165, 1.54) is 12.1 Å².